The Labute approximate surface area is 309 Å². The third-order valence-corrected chi connectivity index (χ3v) is 31.0. The molecule has 0 aromatic carbocycles. The SMILES string of the molecule is CCC[P+](CCC[P+](CCC)(C1CCCC(S(=O)(=O)O)C1)C1CCCC(S(=O)(=O)O)C1)(C1CCCC(S(=O)(=O)O)C1)C1CCCC(S(=O)(=O)O)C1. The molecule has 8 unspecified atom stereocenters. The summed E-state index contributed by atoms with van der Waals surface area (Å²) in [6.45, 7) is 4.20. The summed E-state index contributed by atoms with van der Waals surface area (Å²) in [6.07, 6.45) is 14.5. The average Bonchev–Trinajstić information content (AvgIpc) is 3.06. The van der Waals surface area contributed by atoms with Gasteiger partial charge in [-0.25, -0.2) is 0 Å². The number of hydrogen-bond acceptors (Lipinski definition) is 8. The molecule has 12 nitrogen and oxygen atoms in total. The minimum atomic E-state index is -4.27. The Morgan fingerprint density at radius 1 is 0.412 bits per heavy atom. The van der Waals surface area contributed by atoms with Crippen molar-refractivity contribution >= 4 is 55.0 Å². The van der Waals surface area contributed by atoms with Gasteiger partial charge < -0.3 is 0 Å². The Morgan fingerprint density at radius 2 is 0.647 bits per heavy atom. The van der Waals surface area contributed by atoms with E-state index in [-0.39, 0.29) is 22.6 Å². The maximum atomic E-state index is 12.5. The highest BCUT2D eigenvalue weighted by molar-refractivity contribution is 7.87. The molecule has 0 aromatic heterocycles. The average molecular weight is 843 g/mol. The molecule has 4 rings (SSSR count). The van der Waals surface area contributed by atoms with E-state index >= 15 is 0 Å². The van der Waals surface area contributed by atoms with E-state index in [0.717, 1.165) is 69.6 Å². The van der Waals surface area contributed by atoms with Gasteiger partial charge in [0.2, 0.25) is 0 Å². The van der Waals surface area contributed by atoms with E-state index in [2.05, 4.69) is 13.8 Å². The molecule has 0 bridgehead atoms. The standard InChI is InChI=1S/C33H62O12P2S4/c1-3-18-46(26-10-5-14-30(22-26)48(34,35)36,27-11-6-15-31(23-27)49(37,38)39)20-9-21-47(19-4-2,28-12-7-16-32(24-28)50(40,41)42)29-13-8-17-33(25-29)51(43,44)45/h26-33H,3-25H2,1-2H3,(H2-2,34,35,36,37,38,39,40,41,42,43,44,45)/p+2. The zero-order valence-electron chi connectivity index (χ0n) is 30.5. The molecule has 0 heterocycles. The van der Waals surface area contributed by atoms with E-state index in [4.69, 9.17) is 0 Å². The fourth-order valence-corrected chi connectivity index (χ4v) is 29.0. The zero-order chi connectivity index (χ0) is 37.9. The van der Waals surface area contributed by atoms with Crippen molar-refractivity contribution in [2.45, 2.75) is 179 Å². The van der Waals surface area contributed by atoms with Crippen LogP contribution in [0.4, 0.5) is 0 Å². The highest BCUT2D eigenvalue weighted by atomic mass is 32.2. The van der Waals surface area contributed by atoms with E-state index in [1.54, 1.807) is 0 Å². The van der Waals surface area contributed by atoms with Crippen LogP contribution >= 0.6 is 14.5 Å². The smallest absolute Gasteiger partial charge is 0.267 e. The van der Waals surface area contributed by atoms with Crippen LogP contribution in [0.2, 0.25) is 0 Å². The molecule has 0 spiro atoms. The lowest BCUT2D eigenvalue weighted by Gasteiger charge is -2.47. The van der Waals surface area contributed by atoms with Gasteiger partial charge in [-0.1, -0.05) is 13.8 Å². The zero-order valence-corrected chi connectivity index (χ0v) is 35.5. The molecule has 0 amide bonds. The molecule has 0 aliphatic heterocycles. The predicted octanol–water partition coefficient (Wildman–Crippen LogP) is 7.03. The van der Waals surface area contributed by atoms with Crippen molar-refractivity contribution in [1.29, 1.82) is 0 Å². The van der Waals surface area contributed by atoms with Crippen LogP contribution in [0.15, 0.2) is 0 Å². The largest absolute Gasteiger partial charge is 0.285 e. The Balaban J connectivity index is 1.76. The van der Waals surface area contributed by atoms with Crippen molar-refractivity contribution < 1.29 is 51.9 Å². The van der Waals surface area contributed by atoms with Gasteiger partial charge in [-0.3, -0.25) is 18.2 Å². The Kier molecular flexibility index (Phi) is 15.4. The second-order valence-electron chi connectivity index (χ2n) is 16.3. The lowest BCUT2D eigenvalue weighted by Crippen LogP contribution is -2.41. The monoisotopic (exact) mass is 842 g/mol. The van der Waals surface area contributed by atoms with E-state index in [9.17, 15) is 51.9 Å². The molecule has 0 saturated heterocycles. The maximum Gasteiger partial charge on any atom is 0.267 e. The molecule has 0 radical (unpaired) electrons. The molecule has 0 aromatic rings. The van der Waals surface area contributed by atoms with E-state index in [1.165, 1.54) is 0 Å². The Morgan fingerprint density at radius 3 is 0.843 bits per heavy atom. The first-order valence-corrected chi connectivity index (χ1v) is 29.9. The summed E-state index contributed by atoms with van der Waals surface area (Å²) in [6, 6.07) is 0. The van der Waals surface area contributed by atoms with Gasteiger partial charge in [0.25, 0.3) is 40.5 Å². The summed E-state index contributed by atoms with van der Waals surface area (Å²) in [7, 11) is -21.3. The first-order chi connectivity index (χ1) is 23.7. The topological polar surface area (TPSA) is 217 Å². The molecular weight excluding hydrogens is 779 g/mol. The summed E-state index contributed by atoms with van der Waals surface area (Å²) in [5.74, 6) is 0. The quantitative estimate of drug-likeness (QED) is 0.0910. The van der Waals surface area contributed by atoms with Crippen LogP contribution in [0.1, 0.15) is 136 Å². The highest BCUT2D eigenvalue weighted by Gasteiger charge is 2.58. The fraction of sp³-hybridized carbons (Fsp3) is 1.00. The van der Waals surface area contributed by atoms with Crippen LogP contribution in [-0.2, 0) is 40.5 Å². The fourth-order valence-electron chi connectivity index (χ4n) is 11.2. The van der Waals surface area contributed by atoms with Gasteiger partial charge in [0.05, 0.1) is 68.3 Å². The van der Waals surface area contributed by atoms with Crippen LogP contribution in [0.3, 0.4) is 0 Å². The minimum absolute atomic E-state index is 0.0272. The predicted molar refractivity (Wildman–Crippen MR) is 209 cm³/mol. The normalized spacial score (nSPS) is 34.3. The van der Waals surface area contributed by atoms with Gasteiger partial charge in [0.15, 0.2) is 0 Å². The van der Waals surface area contributed by atoms with Gasteiger partial charge in [0.1, 0.15) is 0 Å². The van der Waals surface area contributed by atoms with Crippen LogP contribution in [-0.4, -0.2) is 120 Å². The van der Waals surface area contributed by atoms with Gasteiger partial charge in [0, 0.05) is 46.6 Å². The summed E-state index contributed by atoms with van der Waals surface area (Å²) in [5.41, 5.74) is 0.109. The minimum Gasteiger partial charge on any atom is -0.285 e. The Bertz CT molecular complexity index is 1380. The number of rotatable bonds is 16. The van der Waals surface area contributed by atoms with Gasteiger partial charge in [-0.2, -0.15) is 33.7 Å². The van der Waals surface area contributed by atoms with Gasteiger partial charge in [-0.15, -0.1) is 0 Å². The summed E-state index contributed by atoms with van der Waals surface area (Å²) in [5, 5.41) is -3.45. The van der Waals surface area contributed by atoms with E-state index in [1.807, 2.05) is 0 Å². The third-order valence-electron chi connectivity index (χ3n) is 13.4. The Hall–Kier alpha value is 0.500. The molecule has 4 saturated carbocycles. The van der Waals surface area contributed by atoms with Crippen molar-refractivity contribution in [3.8, 4) is 0 Å². The molecule has 4 aliphatic rings. The molecule has 4 fully saturated rings. The summed E-state index contributed by atoms with van der Waals surface area (Å²) >= 11 is 0. The summed E-state index contributed by atoms with van der Waals surface area (Å²) in [4.78, 5) is 0. The lowest BCUT2D eigenvalue weighted by molar-refractivity contribution is 0.415. The summed E-state index contributed by atoms with van der Waals surface area (Å²) < 4.78 is 140. The molecule has 18 heteroatoms. The third kappa shape index (κ3) is 10.9. The van der Waals surface area contributed by atoms with Crippen molar-refractivity contribution in [2.24, 2.45) is 0 Å². The van der Waals surface area contributed by atoms with Crippen molar-refractivity contribution in [2.75, 3.05) is 24.6 Å². The lowest BCUT2D eigenvalue weighted by atomic mass is 9.99. The molecular formula is C33H64O12P2S4+2. The molecule has 4 aliphatic carbocycles. The van der Waals surface area contributed by atoms with Gasteiger partial charge in [-0.05, 0) is 89.9 Å². The molecule has 8 atom stereocenters. The highest BCUT2D eigenvalue weighted by Crippen LogP contribution is 2.76. The second-order valence-corrected chi connectivity index (χ2v) is 32.2. The van der Waals surface area contributed by atoms with E-state index in [0.29, 0.717) is 77.0 Å². The van der Waals surface area contributed by atoms with Crippen LogP contribution in [0.25, 0.3) is 0 Å². The van der Waals surface area contributed by atoms with Crippen LogP contribution in [0.5, 0.6) is 0 Å². The number of hydrogen-bond donors (Lipinski definition) is 4. The van der Waals surface area contributed by atoms with Crippen molar-refractivity contribution in [3.63, 3.8) is 0 Å². The van der Waals surface area contributed by atoms with Crippen molar-refractivity contribution in [1.82, 2.24) is 0 Å². The van der Waals surface area contributed by atoms with Gasteiger partial charge >= 0.3 is 0 Å². The molecule has 300 valence electrons. The molecule has 51 heavy (non-hydrogen) atoms. The van der Waals surface area contributed by atoms with Crippen LogP contribution in [0, 0.1) is 0 Å². The first-order valence-electron chi connectivity index (χ1n) is 19.3. The van der Waals surface area contributed by atoms with Crippen molar-refractivity contribution in [3.05, 3.63) is 0 Å². The molecule has 4 N–H and O–H groups in total. The first kappa shape index (κ1) is 44.2. The van der Waals surface area contributed by atoms with E-state index < -0.39 is 76.0 Å². The second kappa shape index (κ2) is 17.7. The maximum absolute atomic E-state index is 12.5. The van der Waals surface area contributed by atoms with Crippen LogP contribution < -0.4 is 0 Å².